The van der Waals surface area contributed by atoms with Crippen LogP contribution in [0.3, 0.4) is 0 Å². The van der Waals surface area contributed by atoms with E-state index >= 15 is 0 Å². The van der Waals surface area contributed by atoms with Crippen molar-refractivity contribution < 1.29 is 4.42 Å². The van der Waals surface area contributed by atoms with Crippen LogP contribution >= 0.6 is 0 Å². The molecule has 0 unspecified atom stereocenters. The van der Waals surface area contributed by atoms with E-state index in [2.05, 4.69) is 191 Å². The molecule has 0 aliphatic carbocycles. The van der Waals surface area contributed by atoms with Gasteiger partial charge in [-0.05, 0) is 77.0 Å². The highest BCUT2D eigenvalue weighted by Crippen LogP contribution is 2.49. The van der Waals surface area contributed by atoms with Gasteiger partial charge in [-0.2, -0.15) is 0 Å². The van der Waals surface area contributed by atoms with Crippen molar-refractivity contribution in [3.8, 4) is 16.8 Å². The number of rotatable bonds is 5. The molecular weight excluding hydrogens is 597 g/mol. The predicted octanol–water partition coefficient (Wildman–Crippen LogP) is 13.0. The molecule has 0 spiro atoms. The fraction of sp³-hybridized carbons (Fsp3) is 0. The Morgan fingerprint density at radius 2 is 1.02 bits per heavy atom. The summed E-state index contributed by atoms with van der Waals surface area (Å²) in [5, 5.41) is 6.95. The molecule has 3 nitrogen and oxygen atoms in total. The summed E-state index contributed by atoms with van der Waals surface area (Å²) < 4.78 is 9.01. The van der Waals surface area contributed by atoms with Gasteiger partial charge in [0.2, 0.25) is 0 Å². The van der Waals surface area contributed by atoms with E-state index in [-0.39, 0.29) is 0 Å². The Hall–Kier alpha value is -6.58. The van der Waals surface area contributed by atoms with Gasteiger partial charge >= 0.3 is 0 Å². The summed E-state index contributed by atoms with van der Waals surface area (Å²) in [5.74, 6) is 0. The first kappa shape index (κ1) is 27.5. The Morgan fingerprint density at radius 3 is 1.86 bits per heavy atom. The number of fused-ring (bicyclic) bond motifs is 7. The second-order valence-corrected chi connectivity index (χ2v) is 12.5. The van der Waals surface area contributed by atoms with Crippen LogP contribution in [0.5, 0.6) is 0 Å². The molecule has 0 amide bonds. The molecule has 0 aliphatic heterocycles. The average Bonchev–Trinajstić information content (AvgIpc) is 3.71. The Balaban J connectivity index is 1.35. The van der Waals surface area contributed by atoms with Crippen LogP contribution in [0, 0.1) is 0 Å². The number of anilines is 3. The van der Waals surface area contributed by atoms with Crippen molar-refractivity contribution in [2.24, 2.45) is 0 Å². The summed E-state index contributed by atoms with van der Waals surface area (Å²) in [6.45, 7) is 0. The quantitative estimate of drug-likeness (QED) is 0.190. The van der Waals surface area contributed by atoms with Crippen molar-refractivity contribution >= 4 is 71.6 Å². The van der Waals surface area contributed by atoms with Gasteiger partial charge in [0.1, 0.15) is 11.2 Å². The SMILES string of the molecule is c1ccc(-c2ccccc2N(c2cccc3oc4cc5ccccc5cc4c23)c2cccc3c2c2ccccc2n3-c2ccccc2)cc1. The second-order valence-electron chi connectivity index (χ2n) is 12.5. The van der Waals surface area contributed by atoms with Gasteiger partial charge < -0.3 is 13.9 Å². The topological polar surface area (TPSA) is 21.3 Å². The third kappa shape index (κ3) is 4.29. The van der Waals surface area contributed by atoms with E-state index in [4.69, 9.17) is 4.42 Å². The molecule has 0 atom stereocenters. The van der Waals surface area contributed by atoms with Gasteiger partial charge in [0.25, 0.3) is 0 Å². The molecule has 0 fully saturated rings. The molecule has 3 heteroatoms. The minimum atomic E-state index is 0.865. The zero-order valence-corrected chi connectivity index (χ0v) is 26.6. The smallest absolute Gasteiger partial charge is 0.137 e. The first-order valence-electron chi connectivity index (χ1n) is 16.7. The summed E-state index contributed by atoms with van der Waals surface area (Å²) in [6, 6.07) is 64.9. The highest BCUT2D eigenvalue weighted by Gasteiger charge is 2.25. The third-order valence-corrected chi connectivity index (χ3v) is 9.74. The van der Waals surface area contributed by atoms with E-state index in [0.717, 1.165) is 61.3 Å². The molecule has 2 heterocycles. The van der Waals surface area contributed by atoms with Crippen molar-refractivity contribution in [2.45, 2.75) is 0 Å². The largest absolute Gasteiger partial charge is 0.456 e. The Morgan fingerprint density at radius 1 is 0.408 bits per heavy atom. The Kier molecular flexibility index (Phi) is 6.18. The molecule has 0 saturated heterocycles. The monoisotopic (exact) mass is 626 g/mol. The number of aromatic nitrogens is 1. The Bertz CT molecular complexity index is 2830. The van der Waals surface area contributed by atoms with Crippen molar-refractivity contribution in [1.82, 2.24) is 4.57 Å². The average molecular weight is 627 g/mol. The van der Waals surface area contributed by atoms with Crippen molar-refractivity contribution in [3.05, 3.63) is 182 Å². The molecule has 49 heavy (non-hydrogen) atoms. The van der Waals surface area contributed by atoms with Gasteiger partial charge in [-0.3, -0.25) is 0 Å². The third-order valence-electron chi connectivity index (χ3n) is 9.74. The first-order valence-corrected chi connectivity index (χ1v) is 16.7. The lowest BCUT2D eigenvalue weighted by Gasteiger charge is -2.29. The fourth-order valence-electron chi connectivity index (χ4n) is 7.64. The first-order chi connectivity index (χ1) is 24.3. The summed E-state index contributed by atoms with van der Waals surface area (Å²) in [7, 11) is 0. The highest BCUT2D eigenvalue weighted by atomic mass is 16.3. The van der Waals surface area contributed by atoms with E-state index in [1.165, 1.54) is 27.1 Å². The summed E-state index contributed by atoms with van der Waals surface area (Å²) in [6.07, 6.45) is 0. The number of hydrogen-bond donors (Lipinski definition) is 0. The zero-order chi connectivity index (χ0) is 32.3. The molecule has 2 aromatic heterocycles. The number of nitrogens with zero attached hydrogens (tertiary/aromatic N) is 2. The van der Waals surface area contributed by atoms with Gasteiger partial charge in [-0.25, -0.2) is 0 Å². The number of hydrogen-bond acceptors (Lipinski definition) is 2. The number of para-hydroxylation sites is 3. The lowest BCUT2D eigenvalue weighted by atomic mass is 9.99. The number of furan rings is 1. The van der Waals surface area contributed by atoms with E-state index in [0.29, 0.717) is 0 Å². The van der Waals surface area contributed by atoms with Gasteiger partial charge in [0.05, 0.1) is 33.5 Å². The lowest BCUT2D eigenvalue weighted by Crippen LogP contribution is -2.12. The van der Waals surface area contributed by atoms with E-state index in [1.807, 2.05) is 0 Å². The molecule has 10 aromatic rings. The van der Waals surface area contributed by atoms with Gasteiger partial charge in [-0.1, -0.05) is 121 Å². The molecule has 10 rings (SSSR count). The van der Waals surface area contributed by atoms with Crippen molar-refractivity contribution in [1.29, 1.82) is 0 Å². The summed E-state index contributed by atoms with van der Waals surface area (Å²) in [4.78, 5) is 2.46. The summed E-state index contributed by atoms with van der Waals surface area (Å²) >= 11 is 0. The lowest BCUT2D eigenvalue weighted by molar-refractivity contribution is 0.669. The van der Waals surface area contributed by atoms with E-state index in [9.17, 15) is 0 Å². The van der Waals surface area contributed by atoms with Crippen LogP contribution in [-0.2, 0) is 0 Å². The molecule has 0 aliphatic rings. The zero-order valence-electron chi connectivity index (χ0n) is 26.6. The van der Waals surface area contributed by atoms with E-state index in [1.54, 1.807) is 0 Å². The van der Waals surface area contributed by atoms with Crippen LogP contribution in [-0.4, -0.2) is 4.57 Å². The molecule has 230 valence electrons. The molecule has 0 bridgehead atoms. The Labute approximate surface area is 283 Å². The fourth-order valence-corrected chi connectivity index (χ4v) is 7.64. The maximum absolute atomic E-state index is 6.63. The highest BCUT2D eigenvalue weighted by molar-refractivity contribution is 6.21. The van der Waals surface area contributed by atoms with Crippen LogP contribution in [0.2, 0.25) is 0 Å². The van der Waals surface area contributed by atoms with Crippen molar-refractivity contribution in [3.63, 3.8) is 0 Å². The van der Waals surface area contributed by atoms with Crippen LogP contribution in [0.15, 0.2) is 186 Å². The van der Waals surface area contributed by atoms with Crippen LogP contribution in [0.1, 0.15) is 0 Å². The van der Waals surface area contributed by atoms with Crippen LogP contribution in [0.4, 0.5) is 17.1 Å². The standard InChI is InChI=1S/C46H30N2O/c1-3-15-31(16-4-1)35-21-9-11-23-38(35)48(42-27-14-28-43-46(42)37-29-32-17-7-8-18-33(32)30-44(37)49-43)41-26-13-25-40-45(41)36-22-10-12-24-39(36)47(40)34-19-5-2-6-20-34/h1-30H. The summed E-state index contributed by atoms with van der Waals surface area (Å²) in [5.41, 5.74) is 10.8. The minimum Gasteiger partial charge on any atom is -0.456 e. The van der Waals surface area contributed by atoms with Gasteiger partial charge in [0, 0.05) is 27.4 Å². The number of benzene rings is 8. The van der Waals surface area contributed by atoms with Gasteiger partial charge in [-0.15, -0.1) is 0 Å². The molecule has 0 radical (unpaired) electrons. The normalized spacial score (nSPS) is 11.7. The maximum Gasteiger partial charge on any atom is 0.137 e. The van der Waals surface area contributed by atoms with Gasteiger partial charge in [0.15, 0.2) is 0 Å². The maximum atomic E-state index is 6.63. The van der Waals surface area contributed by atoms with Crippen LogP contribution < -0.4 is 4.90 Å². The van der Waals surface area contributed by atoms with Crippen LogP contribution in [0.25, 0.3) is 71.3 Å². The molecule has 8 aromatic carbocycles. The van der Waals surface area contributed by atoms with Crippen molar-refractivity contribution in [2.75, 3.05) is 4.90 Å². The molecule has 0 N–H and O–H groups in total. The second kappa shape index (κ2) is 11.0. The van der Waals surface area contributed by atoms with E-state index < -0.39 is 0 Å². The predicted molar refractivity (Wildman–Crippen MR) is 206 cm³/mol. The minimum absolute atomic E-state index is 0.865. The molecular formula is C46H30N2O. The molecule has 0 saturated carbocycles.